The minimum absolute atomic E-state index is 0.0131. The molecule has 1 unspecified atom stereocenters. The molecule has 0 bridgehead atoms. The maximum Gasteiger partial charge on any atom is 0.433 e. The molecule has 242 valence electrons. The lowest BCUT2D eigenvalue weighted by Gasteiger charge is -2.43. The van der Waals surface area contributed by atoms with Crippen molar-refractivity contribution in [2.24, 2.45) is 11.5 Å². The Morgan fingerprint density at radius 1 is 1.13 bits per heavy atom. The van der Waals surface area contributed by atoms with Gasteiger partial charge in [0.2, 0.25) is 0 Å². The summed E-state index contributed by atoms with van der Waals surface area (Å²) in [6, 6.07) is 4.65. The van der Waals surface area contributed by atoms with E-state index in [-0.39, 0.29) is 51.9 Å². The molecule has 18 heteroatoms. The third-order valence-corrected chi connectivity index (χ3v) is 8.42. The number of fused-ring (bicyclic) bond motifs is 1. The third-order valence-electron chi connectivity index (χ3n) is 8.11. The second-order valence-electron chi connectivity index (χ2n) is 11.0. The maximum atomic E-state index is 13.6. The first kappa shape index (κ1) is 31.3. The Bertz CT molecular complexity index is 1810. The van der Waals surface area contributed by atoms with Crippen LogP contribution in [0.5, 0.6) is 0 Å². The van der Waals surface area contributed by atoms with Gasteiger partial charge in [-0.2, -0.15) is 18.3 Å². The Balaban J connectivity index is 1.20. The summed E-state index contributed by atoms with van der Waals surface area (Å²) in [5.41, 5.74) is 11.0. The number of aromatic amines is 1. The molecule has 4 aromatic rings. The summed E-state index contributed by atoms with van der Waals surface area (Å²) in [7, 11) is 0. The highest BCUT2D eigenvalue weighted by Crippen LogP contribution is 2.36. The van der Waals surface area contributed by atoms with Crippen LogP contribution in [0, 0.1) is 0 Å². The molecule has 1 aliphatic carbocycles. The van der Waals surface area contributed by atoms with Gasteiger partial charge in [0.1, 0.15) is 5.69 Å². The SMILES string of the molecule is NC(=O)C(=O)OC1CN(C(=O)c2ccc(Nc3nccn4c(-c5cn[nH]c5C(F)(F)F)cnc34)cc2Cl)CCN1[C@@H]1CC[C@H](N)C1. The highest BCUT2D eigenvalue weighted by molar-refractivity contribution is 6.34. The van der Waals surface area contributed by atoms with Crippen LogP contribution in [-0.2, 0) is 20.5 Å². The number of hydrogen-bond donors (Lipinski definition) is 4. The van der Waals surface area contributed by atoms with Gasteiger partial charge in [-0.3, -0.25) is 24.0 Å². The Morgan fingerprint density at radius 3 is 2.63 bits per heavy atom. The van der Waals surface area contributed by atoms with E-state index in [0.29, 0.717) is 25.2 Å². The van der Waals surface area contributed by atoms with Crippen molar-refractivity contribution in [3.63, 3.8) is 0 Å². The molecule has 1 saturated heterocycles. The van der Waals surface area contributed by atoms with Gasteiger partial charge in [0.25, 0.3) is 5.91 Å². The van der Waals surface area contributed by atoms with Gasteiger partial charge in [0.15, 0.2) is 17.7 Å². The van der Waals surface area contributed by atoms with Crippen LogP contribution in [0.25, 0.3) is 16.9 Å². The lowest BCUT2D eigenvalue weighted by Crippen LogP contribution is -2.59. The molecule has 2 aliphatic rings. The average Bonchev–Trinajstić information content (AvgIpc) is 3.76. The summed E-state index contributed by atoms with van der Waals surface area (Å²) in [4.78, 5) is 49.0. The van der Waals surface area contributed by atoms with Crippen molar-refractivity contribution in [2.75, 3.05) is 25.0 Å². The number of nitrogens with two attached hydrogens (primary N) is 2. The normalized spacial score (nSPS) is 20.6. The molecule has 1 aromatic carbocycles. The van der Waals surface area contributed by atoms with E-state index in [1.54, 1.807) is 6.07 Å². The zero-order chi connectivity index (χ0) is 32.7. The molecule has 6 rings (SSSR count). The van der Waals surface area contributed by atoms with E-state index in [0.717, 1.165) is 19.0 Å². The number of alkyl halides is 3. The summed E-state index contributed by atoms with van der Waals surface area (Å²) >= 11 is 6.55. The number of esters is 1. The average molecular weight is 661 g/mol. The highest BCUT2D eigenvalue weighted by atomic mass is 35.5. The number of H-pyrrole nitrogens is 1. The number of piperazine rings is 1. The zero-order valence-electron chi connectivity index (χ0n) is 24.0. The molecular weight excluding hydrogens is 633 g/mol. The first-order valence-electron chi connectivity index (χ1n) is 14.2. The predicted octanol–water partition coefficient (Wildman–Crippen LogP) is 2.53. The van der Waals surface area contributed by atoms with Crippen LogP contribution in [0.3, 0.4) is 0 Å². The van der Waals surface area contributed by atoms with Crippen molar-refractivity contribution in [1.29, 1.82) is 0 Å². The molecule has 0 radical (unpaired) electrons. The maximum absolute atomic E-state index is 13.6. The number of anilines is 2. The summed E-state index contributed by atoms with van der Waals surface area (Å²) in [5, 5.41) is 8.69. The van der Waals surface area contributed by atoms with Crippen molar-refractivity contribution in [3.8, 4) is 11.3 Å². The summed E-state index contributed by atoms with van der Waals surface area (Å²) in [6.45, 7) is 0.676. The van der Waals surface area contributed by atoms with Crippen LogP contribution in [-0.4, -0.2) is 90.1 Å². The van der Waals surface area contributed by atoms with E-state index in [1.807, 2.05) is 10.00 Å². The van der Waals surface area contributed by atoms with Gasteiger partial charge in [-0.15, -0.1) is 0 Å². The van der Waals surface area contributed by atoms with Crippen LogP contribution < -0.4 is 16.8 Å². The van der Waals surface area contributed by atoms with Gasteiger partial charge in [-0.05, 0) is 37.5 Å². The number of halogens is 4. The quantitative estimate of drug-likeness (QED) is 0.177. The van der Waals surface area contributed by atoms with Crippen LogP contribution in [0.1, 0.15) is 35.3 Å². The van der Waals surface area contributed by atoms with E-state index in [1.165, 1.54) is 40.0 Å². The number of hydrogen-bond acceptors (Lipinski definition) is 10. The number of imidazole rings is 1. The Labute approximate surface area is 263 Å². The molecule has 1 saturated carbocycles. The minimum atomic E-state index is -4.65. The monoisotopic (exact) mass is 660 g/mol. The second-order valence-corrected chi connectivity index (χ2v) is 11.4. The molecule has 14 nitrogen and oxygen atoms in total. The molecule has 2 fully saturated rings. The van der Waals surface area contributed by atoms with Gasteiger partial charge in [-0.25, -0.2) is 14.8 Å². The van der Waals surface area contributed by atoms with E-state index in [2.05, 4.69) is 20.4 Å². The van der Waals surface area contributed by atoms with Crippen molar-refractivity contribution >= 4 is 46.5 Å². The Kier molecular flexibility index (Phi) is 8.30. The number of nitrogens with one attached hydrogen (secondary N) is 2. The number of carbonyl (C=O) groups excluding carboxylic acids is 3. The lowest BCUT2D eigenvalue weighted by atomic mass is 10.1. The van der Waals surface area contributed by atoms with Gasteiger partial charge in [0, 0.05) is 43.3 Å². The van der Waals surface area contributed by atoms with Crippen LogP contribution in [0.4, 0.5) is 24.7 Å². The number of rotatable bonds is 6. The Hall–Kier alpha value is -4.74. The number of nitrogens with zero attached hydrogens (tertiary/aromatic N) is 6. The van der Waals surface area contributed by atoms with Crippen LogP contribution >= 0.6 is 11.6 Å². The van der Waals surface area contributed by atoms with Gasteiger partial charge in [-0.1, -0.05) is 11.6 Å². The fourth-order valence-electron chi connectivity index (χ4n) is 5.92. The van der Waals surface area contributed by atoms with E-state index in [9.17, 15) is 27.6 Å². The number of benzene rings is 1. The largest absolute Gasteiger partial charge is 0.437 e. The molecule has 2 amide bonds. The highest BCUT2D eigenvalue weighted by Gasteiger charge is 2.40. The van der Waals surface area contributed by atoms with Crippen molar-refractivity contribution in [1.82, 2.24) is 34.4 Å². The van der Waals surface area contributed by atoms with Crippen molar-refractivity contribution in [2.45, 2.75) is 43.8 Å². The molecule has 46 heavy (non-hydrogen) atoms. The van der Waals surface area contributed by atoms with Crippen molar-refractivity contribution in [3.05, 3.63) is 59.3 Å². The standard InChI is InChI=1S/C28H28ClF3N10O4/c29-19-10-15(38-24-25-36-12-20(42(25)6-5-35-24)18-11-37-39-22(18)28(30,31)32)2-4-17(19)26(44)40-7-8-41(16-3-1-14(33)9-16)21(13-40)46-27(45)23(34)43/h2,4-6,10-12,14,16,21H,1,3,7-9,13,33H2,(H2,34,43)(H,35,38)(H,37,39)/t14-,16+,21?/m0/s1. The number of amides is 2. The second kappa shape index (κ2) is 12.2. The molecule has 1 aliphatic heterocycles. The zero-order valence-corrected chi connectivity index (χ0v) is 24.8. The van der Waals surface area contributed by atoms with E-state index < -0.39 is 35.9 Å². The number of carbonyl (C=O) groups is 3. The third kappa shape index (κ3) is 6.08. The lowest BCUT2D eigenvalue weighted by molar-refractivity contribution is -0.172. The molecule has 4 heterocycles. The number of primary amides is 1. The number of aromatic nitrogens is 5. The van der Waals surface area contributed by atoms with Crippen LogP contribution in [0.2, 0.25) is 5.02 Å². The van der Waals surface area contributed by atoms with Crippen LogP contribution in [0.15, 0.2) is 43.0 Å². The Morgan fingerprint density at radius 2 is 1.93 bits per heavy atom. The number of ether oxygens (including phenoxy) is 1. The minimum Gasteiger partial charge on any atom is -0.437 e. The summed E-state index contributed by atoms with van der Waals surface area (Å²) < 4.78 is 47.2. The summed E-state index contributed by atoms with van der Waals surface area (Å²) in [5.74, 6) is -2.62. The fraction of sp³-hybridized carbons (Fsp3) is 0.357. The van der Waals surface area contributed by atoms with E-state index >= 15 is 0 Å². The predicted molar refractivity (Wildman–Crippen MR) is 158 cm³/mol. The summed E-state index contributed by atoms with van der Waals surface area (Å²) in [6.07, 6.45) is 1.98. The van der Waals surface area contributed by atoms with E-state index in [4.69, 9.17) is 27.8 Å². The van der Waals surface area contributed by atoms with Gasteiger partial charge in [0.05, 0.1) is 40.8 Å². The first-order chi connectivity index (χ1) is 21.9. The fourth-order valence-corrected chi connectivity index (χ4v) is 6.18. The first-order valence-corrected chi connectivity index (χ1v) is 14.6. The van der Waals surface area contributed by atoms with Gasteiger partial charge < -0.3 is 26.4 Å². The topological polar surface area (TPSA) is 190 Å². The smallest absolute Gasteiger partial charge is 0.433 e. The molecular formula is C28H28ClF3N10O4. The molecule has 3 atom stereocenters. The van der Waals surface area contributed by atoms with Gasteiger partial charge >= 0.3 is 18.1 Å². The van der Waals surface area contributed by atoms with Crippen molar-refractivity contribution < 1.29 is 32.3 Å². The molecule has 3 aromatic heterocycles. The molecule has 0 spiro atoms. The molecule has 6 N–H and O–H groups in total.